The minimum absolute atomic E-state index is 0.0331. The predicted octanol–water partition coefficient (Wildman–Crippen LogP) is 4.21. The van der Waals surface area contributed by atoms with Crippen molar-refractivity contribution in [2.45, 2.75) is 45.8 Å². The molecule has 1 aliphatic rings. The fourth-order valence-electron chi connectivity index (χ4n) is 4.76. The third kappa shape index (κ3) is 6.89. The summed E-state index contributed by atoms with van der Waals surface area (Å²) in [5, 5.41) is 3.05. The number of amides is 1. The molecule has 2 aromatic carbocycles. The lowest BCUT2D eigenvalue weighted by Crippen LogP contribution is -2.37. The molecule has 0 unspecified atom stereocenters. The van der Waals surface area contributed by atoms with Gasteiger partial charge in [-0.2, -0.15) is 0 Å². The summed E-state index contributed by atoms with van der Waals surface area (Å²) in [6.45, 7) is 9.81. The second-order valence-corrected chi connectivity index (χ2v) is 9.67. The van der Waals surface area contributed by atoms with Crippen LogP contribution in [0.2, 0.25) is 0 Å². The number of rotatable bonds is 12. The lowest BCUT2D eigenvalue weighted by atomic mass is 10.0. The molecule has 0 aliphatic carbocycles. The summed E-state index contributed by atoms with van der Waals surface area (Å²) in [6, 6.07) is 14.6. The van der Waals surface area contributed by atoms with Crippen LogP contribution in [0.3, 0.4) is 0 Å². The number of nitrogens with one attached hydrogen (secondary N) is 1. The van der Waals surface area contributed by atoms with Crippen LogP contribution in [0.15, 0.2) is 42.5 Å². The maximum absolute atomic E-state index is 13.2. The van der Waals surface area contributed by atoms with Gasteiger partial charge in [0.15, 0.2) is 11.5 Å². The summed E-state index contributed by atoms with van der Waals surface area (Å²) in [4.78, 5) is 17.9. The normalized spacial score (nSPS) is 17.8. The van der Waals surface area contributed by atoms with E-state index in [1.165, 1.54) is 5.56 Å². The standard InChI is InChI=1S/C28H41N3O4/c1-20(2)29-28(32)23-13-14-25(34-6)27(35-16-10-15-33-5)26(23)31-17-21(3)24(19-31)30(4)18-22-11-8-7-9-12-22/h7-9,11-14,20-21,24H,10,15-19H2,1-6H3,(H,29,32)/t21-,24+/m1/s1. The molecule has 0 aromatic heterocycles. The second-order valence-electron chi connectivity index (χ2n) is 9.67. The first-order chi connectivity index (χ1) is 16.8. The van der Waals surface area contributed by atoms with Crippen LogP contribution < -0.4 is 19.7 Å². The van der Waals surface area contributed by atoms with Crippen LogP contribution in [-0.4, -0.2) is 70.5 Å². The summed E-state index contributed by atoms with van der Waals surface area (Å²) in [5.41, 5.74) is 2.71. The predicted molar refractivity (Wildman–Crippen MR) is 141 cm³/mol. The van der Waals surface area contributed by atoms with Gasteiger partial charge < -0.3 is 24.4 Å². The van der Waals surface area contributed by atoms with Gasteiger partial charge in [-0.1, -0.05) is 37.3 Å². The zero-order valence-corrected chi connectivity index (χ0v) is 22.0. The van der Waals surface area contributed by atoms with Crippen molar-refractivity contribution >= 4 is 11.6 Å². The zero-order valence-electron chi connectivity index (χ0n) is 22.0. The SMILES string of the molecule is COCCCOc1c(OC)ccc(C(=O)NC(C)C)c1N1C[C@@H](C)[C@@H](N(C)Cc2ccccc2)C1. The number of hydrogen-bond donors (Lipinski definition) is 1. The van der Waals surface area contributed by atoms with E-state index in [4.69, 9.17) is 14.2 Å². The first-order valence-electron chi connectivity index (χ1n) is 12.5. The number of carbonyl (C=O) groups is 1. The molecule has 3 rings (SSSR count). The molecule has 7 heteroatoms. The first kappa shape index (κ1) is 26.8. The molecule has 35 heavy (non-hydrogen) atoms. The van der Waals surface area contributed by atoms with Gasteiger partial charge in [-0.25, -0.2) is 0 Å². The second kappa shape index (κ2) is 12.8. The molecular formula is C28H41N3O4. The fraction of sp³-hybridized carbons (Fsp3) is 0.536. The lowest BCUT2D eigenvalue weighted by Gasteiger charge is -2.29. The Kier molecular flexibility index (Phi) is 9.81. The van der Waals surface area contributed by atoms with E-state index in [-0.39, 0.29) is 11.9 Å². The molecule has 0 bridgehead atoms. The quantitative estimate of drug-likeness (QED) is 0.457. The van der Waals surface area contributed by atoms with Gasteiger partial charge in [-0.05, 0) is 44.5 Å². The molecule has 1 N–H and O–H groups in total. The average Bonchev–Trinajstić information content (AvgIpc) is 3.22. The maximum Gasteiger partial charge on any atom is 0.253 e. The molecule has 1 heterocycles. The van der Waals surface area contributed by atoms with Gasteiger partial charge >= 0.3 is 0 Å². The van der Waals surface area contributed by atoms with Crippen molar-refractivity contribution in [2.75, 3.05) is 52.5 Å². The van der Waals surface area contributed by atoms with Gasteiger partial charge in [0.25, 0.3) is 5.91 Å². The maximum atomic E-state index is 13.2. The molecule has 1 saturated heterocycles. The largest absolute Gasteiger partial charge is 0.493 e. The number of methoxy groups -OCH3 is 2. The van der Waals surface area contributed by atoms with Crippen LogP contribution in [0, 0.1) is 5.92 Å². The van der Waals surface area contributed by atoms with Crippen molar-refractivity contribution in [2.24, 2.45) is 5.92 Å². The van der Waals surface area contributed by atoms with Crippen LogP contribution in [0.5, 0.6) is 11.5 Å². The van der Waals surface area contributed by atoms with E-state index >= 15 is 0 Å². The Morgan fingerprint density at radius 3 is 2.51 bits per heavy atom. The fourth-order valence-corrected chi connectivity index (χ4v) is 4.76. The zero-order chi connectivity index (χ0) is 25.4. The highest BCUT2D eigenvalue weighted by atomic mass is 16.5. The van der Waals surface area contributed by atoms with Crippen molar-refractivity contribution < 1.29 is 19.0 Å². The minimum atomic E-state index is -0.104. The molecule has 0 radical (unpaired) electrons. The molecule has 2 aromatic rings. The average molecular weight is 484 g/mol. The van der Waals surface area contributed by atoms with Crippen molar-refractivity contribution in [3.63, 3.8) is 0 Å². The molecule has 7 nitrogen and oxygen atoms in total. The number of anilines is 1. The monoisotopic (exact) mass is 483 g/mol. The molecule has 0 saturated carbocycles. The Bertz CT molecular complexity index is 951. The molecule has 1 amide bonds. The highest BCUT2D eigenvalue weighted by Crippen LogP contribution is 2.43. The molecule has 0 spiro atoms. The number of nitrogens with zero attached hydrogens (tertiary/aromatic N) is 2. The first-order valence-corrected chi connectivity index (χ1v) is 12.5. The summed E-state index contributed by atoms with van der Waals surface area (Å²) in [7, 11) is 5.50. The highest BCUT2D eigenvalue weighted by molar-refractivity contribution is 6.02. The van der Waals surface area contributed by atoms with E-state index < -0.39 is 0 Å². The van der Waals surface area contributed by atoms with Crippen LogP contribution in [0.4, 0.5) is 5.69 Å². The van der Waals surface area contributed by atoms with Crippen molar-refractivity contribution in [3.05, 3.63) is 53.6 Å². The van der Waals surface area contributed by atoms with Gasteiger partial charge in [0, 0.05) is 51.9 Å². The van der Waals surface area contributed by atoms with E-state index in [1.54, 1.807) is 14.2 Å². The van der Waals surface area contributed by atoms with Gasteiger partial charge in [0.1, 0.15) is 0 Å². The van der Waals surface area contributed by atoms with Crippen molar-refractivity contribution in [1.29, 1.82) is 0 Å². The van der Waals surface area contributed by atoms with E-state index in [0.717, 1.165) is 31.7 Å². The Hall–Kier alpha value is -2.77. The molecule has 2 atom stereocenters. The lowest BCUT2D eigenvalue weighted by molar-refractivity contribution is 0.0943. The smallest absolute Gasteiger partial charge is 0.253 e. The molecule has 192 valence electrons. The minimum Gasteiger partial charge on any atom is -0.493 e. The molecule has 1 fully saturated rings. The third-order valence-corrected chi connectivity index (χ3v) is 6.45. The van der Waals surface area contributed by atoms with E-state index in [9.17, 15) is 4.79 Å². The van der Waals surface area contributed by atoms with Gasteiger partial charge in [-0.15, -0.1) is 0 Å². The summed E-state index contributed by atoms with van der Waals surface area (Å²) in [5.74, 6) is 1.57. The Balaban J connectivity index is 1.92. The molecular weight excluding hydrogens is 442 g/mol. The summed E-state index contributed by atoms with van der Waals surface area (Å²) < 4.78 is 17.1. The number of carbonyl (C=O) groups excluding carboxylic acids is 1. The van der Waals surface area contributed by atoms with Crippen LogP contribution in [0.25, 0.3) is 0 Å². The number of hydrogen-bond acceptors (Lipinski definition) is 6. The van der Waals surface area contributed by atoms with E-state index in [2.05, 4.69) is 53.4 Å². The van der Waals surface area contributed by atoms with Gasteiger partial charge in [0.2, 0.25) is 0 Å². The Labute approximate surface area is 210 Å². The highest BCUT2D eigenvalue weighted by Gasteiger charge is 2.36. The van der Waals surface area contributed by atoms with Gasteiger partial charge in [-0.3, -0.25) is 9.69 Å². The van der Waals surface area contributed by atoms with Crippen molar-refractivity contribution in [3.8, 4) is 11.5 Å². The van der Waals surface area contributed by atoms with Crippen LogP contribution in [0.1, 0.15) is 43.1 Å². The summed E-state index contributed by atoms with van der Waals surface area (Å²) in [6.07, 6.45) is 0.750. The van der Waals surface area contributed by atoms with Gasteiger partial charge in [0.05, 0.1) is 25.0 Å². The molecule has 1 aliphatic heterocycles. The number of likely N-dealkylation sites (N-methyl/N-ethyl adjacent to an activating group) is 1. The topological polar surface area (TPSA) is 63.3 Å². The summed E-state index contributed by atoms with van der Waals surface area (Å²) >= 11 is 0. The van der Waals surface area contributed by atoms with Crippen LogP contribution >= 0.6 is 0 Å². The van der Waals surface area contributed by atoms with E-state index in [0.29, 0.717) is 42.2 Å². The Morgan fingerprint density at radius 1 is 1.11 bits per heavy atom. The van der Waals surface area contributed by atoms with E-state index in [1.807, 2.05) is 32.0 Å². The Morgan fingerprint density at radius 2 is 1.86 bits per heavy atom. The number of ether oxygens (including phenoxy) is 3. The van der Waals surface area contributed by atoms with Crippen molar-refractivity contribution in [1.82, 2.24) is 10.2 Å². The number of benzene rings is 2. The third-order valence-electron chi connectivity index (χ3n) is 6.45. The van der Waals surface area contributed by atoms with Crippen LogP contribution in [-0.2, 0) is 11.3 Å².